The molecule has 0 aromatic heterocycles. The maximum Gasteiger partial charge on any atom is 0.226 e. The lowest BCUT2D eigenvalue weighted by Gasteiger charge is -2.21. The SMILES string of the molecule is CC(=O)N(CCC(=O)Nc1cccc(Br)c1)c1cccc(Cl)c1. The molecule has 0 saturated heterocycles. The number of amides is 2. The van der Waals surface area contributed by atoms with Crippen LogP contribution in [0.1, 0.15) is 13.3 Å². The van der Waals surface area contributed by atoms with Crippen LogP contribution in [-0.2, 0) is 9.59 Å². The summed E-state index contributed by atoms with van der Waals surface area (Å²) in [6, 6.07) is 14.4. The van der Waals surface area contributed by atoms with Crippen molar-refractivity contribution in [1.29, 1.82) is 0 Å². The van der Waals surface area contributed by atoms with Gasteiger partial charge in [0.05, 0.1) is 0 Å². The summed E-state index contributed by atoms with van der Waals surface area (Å²) in [6.07, 6.45) is 0.193. The number of hydrogen-bond acceptors (Lipinski definition) is 2. The Labute approximate surface area is 148 Å². The minimum Gasteiger partial charge on any atom is -0.326 e. The van der Waals surface area contributed by atoms with Crippen molar-refractivity contribution in [2.45, 2.75) is 13.3 Å². The molecule has 0 radical (unpaired) electrons. The average molecular weight is 396 g/mol. The van der Waals surface area contributed by atoms with Crippen molar-refractivity contribution in [3.8, 4) is 0 Å². The first-order valence-electron chi connectivity index (χ1n) is 7.05. The number of carbonyl (C=O) groups excluding carboxylic acids is 2. The van der Waals surface area contributed by atoms with Gasteiger partial charge < -0.3 is 10.2 Å². The van der Waals surface area contributed by atoms with Crippen LogP contribution in [0.5, 0.6) is 0 Å². The van der Waals surface area contributed by atoms with Gasteiger partial charge in [0.1, 0.15) is 0 Å². The second-order valence-electron chi connectivity index (χ2n) is 4.96. The van der Waals surface area contributed by atoms with E-state index in [-0.39, 0.29) is 24.8 Å². The summed E-state index contributed by atoms with van der Waals surface area (Å²) in [7, 11) is 0. The molecule has 0 aliphatic rings. The number of carbonyl (C=O) groups is 2. The maximum atomic E-state index is 12.1. The van der Waals surface area contributed by atoms with Gasteiger partial charge in [0.25, 0.3) is 0 Å². The standard InChI is InChI=1S/C17H16BrClN2O2/c1-12(22)21(16-7-3-5-14(19)11-16)9-8-17(23)20-15-6-2-4-13(18)10-15/h2-7,10-11H,8-9H2,1H3,(H,20,23). The van der Waals surface area contributed by atoms with Crippen LogP contribution < -0.4 is 10.2 Å². The molecule has 0 bridgehead atoms. The van der Waals surface area contributed by atoms with Crippen LogP contribution in [0.4, 0.5) is 11.4 Å². The van der Waals surface area contributed by atoms with E-state index in [0.717, 1.165) is 4.47 Å². The van der Waals surface area contributed by atoms with E-state index in [2.05, 4.69) is 21.2 Å². The first-order valence-corrected chi connectivity index (χ1v) is 8.22. The summed E-state index contributed by atoms with van der Waals surface area (Å²) in [5.74, 6) is -0.293. The topological polar surface area (TPSA) is 49.4 Å². The zero-order valence-electron chi connectivity index (χ0n) is 12.6. The van der Waals surface area contributed by atoms with E-state index < -0.39 is 0 Å². The third-order valence-electron chi connectivity index (χ3n) is 3.17. The number of rotatable bonds is 5. The van der Waals surface area contributed by atoms with Crippen LogP contribution in [0.15, 0.2) is 53.0 Å². The number of hydrogen-bond donors (Lipinski definition) is 1. The molecule has 0 atom stereocenters. The molecule has 4 nitrogen and oxygen atoms in total. The van der Waals surface area contributed by atoms with Crippen LogP contribution >= 0.6 is 27.5 Å². The monoisotopic (exact) mass is 394 g/mol. The number of nitrogens with one attached hydrogen (secondary N) is 1. The Kier molecular flexibility index (Phi) is 6.19. The number of nitrogens with zero attached hydrogens (tertiary/aromatic N) is 1. The summed E-state index contributed by atoms with van der Waals surface area (Å²) in [4.78, 5) is 25.4. The highest BCUT2D eigenvalue weighted by molar-refractivity contribution is 9.10. The third-order valence-corrected chi connectivity index (χ3v) is 3.90. The maximum absolute atomic E-state index is 12.1. The Morgan fingerprint density at radius 1 is 1.17 bits per heavy atom. The Morgan fingerprint density at radius 2 is 1.91 bits per heavy atom. The Hall–Kier alpha value is -1.85. The number of anilines is 2. The first-order chi connectivity index (χ1) is 11.0. The predicted octanol–water partition coefficient (Wildman–Crippen LogP) is 4.48. The summed E-state index contributed by atoms with van der Waals surface area (Å²) >= 11 is 9.31. The summed E-state index contributed by atoms with van der Waals surface area (Å²) in [5.41, 5.74) is 1.39. The molecule has 120 valence electrons. The lowest BCUT2D eigenvalue weighted by atomic mass is 10.2. The molecule has 0 aliphatic carbocycles. The van der Waals surface area contributed by atoms with Gasteiger partial charge in [0.2, 0.25) is 11.8 Å². The van der Waals surface area contributed by atoms with Crippen LogP contribution in [-0.4, -0.2) is 18.4 Å². The molecule has 2 rings (SSSR count). The third kappa shape index (κ3) is 5.37. The summed E-state index contributed by atoms with van der Waals surface area (Å²) in [5, 5.41) is 3.36. The predicted molar refractivity (Wildman–Crippen MR) is 96.9 cm³/mol. The van der Waals surface area contributed by atoms with E-state index >= 15 is 0 Å². The van der Waals surface area contributed by atoms with Gasteiger partial charge >= 0.3 is 0 Å². The van der Waals surface area contributed by atoms with Crippen molar-refractivity contribution in [2.75, 3.05) is 16.8 Å². The van der Waals surface area contributed by atoms with E-state index in [0.29, 0.717) is 16.4 Å². The molecule has 2 aromatic carbocycles. The van der Waals surface area contributed by atoms with Crippen molar-refractivity contribution in [3.05, 3.63) is 58.0 Å². The van der Waals surface area contributed by atoms with Gasteiger partial charge in [-0.05, 0) is 36.4 Å². The molecule has 6 heteroatoms. The van der Waals surface area contributed by atoms with E-state index in [1.807, 2.05) is 24.3 Å². The van der Waals surface area contributed by atoms with Gasteiger partial charge in [-0.25, -0.2) is 0 Å². The van der Waals surface area contributed by atoms with E-state index in [9.17, 15) is 9.59 Å². The highest BCUT2D eigenvalue weighted by Gasteiger charge is 2.14. The molecule has 0 aliphatic heterocycles. The zero-order chi connectivity index (χ0) is 16.8. The average Bonchev–Trinajstić information content (AvgIpc) is 2.47. The van der Waals surface area contributed by atoms with Crippen LogP contribution in [0, 0.1) is 0 Å². The summed E-state index contributed by atoms with van der Waals surface area (Å²) < 4.78 is 0.889. The molecule has 2 amide bonds. The van der Waals surface area contributed by atoms with Crippen molar-refractivity contribution < 1.29 is 9.59 Å². The van der Waals surface area contributed by atoms with E-state index in [4.69, 9.17) is 11.6 Å². The van der Waals surface area contributed by atoms with Crippen molar-refractivity contribution >= 4 is 50.7 Å². The molecule has 0 fully saturated rings. The minimum absolute atomic E-state index is 0.137. The number of benzene rings is 2. The van der Waals surface area contributed by atoms with E-state index in [1.165, 1.54) is 11.8 Å². The van der Waals surface area contributed by atoms with Gasteiger partial charge in [-0.3, -0.25) is 9.59 Å². The first kappa shape index (κ1) is 17.5. The van der Waals surface area contributed by atoms with Crippen LogP contribution in [0.3, 0.4) is 0 Å². The molecule has 0 spiro atoms. The summed E-state index contributed by atoms with van der Waals surface area (Å²) in [6.45, 7) is 1.75. The van der Waals surface area contributed by atoms with Gasteiger partial charge in [-0.1, -0.05) is 39.7 Å². The van der Waals surface area contributed by atoms with Gasteiger partial charge in [0.15, 0.2) is 0 Å². The quantitative estimate of drug-likeness (QED) is 0.811. The Bertz CT molecular complexity index is 721. The van der Waals surface area contributed by atoms with Gasteiger partial charge in [-0.15, -0.1) is 0 Å². The lowest BCUT2D eigenvalue weighted by molar-refractivity contribution is -0.117. The van der Waals surface area contributed by atoms with E-state index in [1.54, 1.807) is 24.3 Å². The molecule has 2 aromatic rings. The Balaban J connectivity index is 1.99. The Morgan fingerprint density at radius 3 is 2.57 bits per heavy atom. The zero-order valence-corrected chi connectivity index (χ0v) is 14.9. The highest BCUT2D eigenvalue weighted by Crippen LogP contribution is 2.20. The molecule has 23 heavy (non-hydrogen) atoms. The van der Waals surface area contributed by atoms with Gasteiger partial charge in [0, 0.05) is 40.8 Å². The largest absolute Gasteiger partial charge is 0.326 e. The molecule has 0 saturated carbocycles. The fourth-order valence-electron chi connectivity index (χ4n) is 2.12. The second kappa shape index (κ2) is 8.13. The smallest absolute Gasteiger partial charge is 0.226 e. The van der Waals surface area contributed by atoms with Crippen molar-refractivity contribution in [3.63, 3.8) is 0 Å². The second-order valence-corrected chi connectivity index (χ2v) is 6.31. The fraction of sp³-hybridized carbons (Fsp3) is 0.176. The molecular weight excluding hydrogens is 380 g/mol. The van der Waals surface area contributed by atoms with Crippen LogP contribution in [0.2, 0.25) is 5.02 Å². The minimum atomic E-state index is -0.156. The van der Waals surface area contributed by atoms with Crippen molar-refractivity contribution in [2.24, 2.45) is 0 Å². The van der Waals surface area contributed by atoms with Crippen LogP contribution in [0.25, 0.3) is 0 Å². The molecule has 0 unspecified atom stereocenters. The fourth-order valence-corrected chi connectivity index (χ4v) is 2.70. The molecular formula is C17H16BrClN2O2. The van der Waals surface area contributed by atoms with Crippen molar-refractivity contribution in [1.82, 2.24) is 0 Å². The molecule has 1 N–H and O–H groups in total. The van der Waals surface area contributed by atoms with Gasteiger partial charge in [-0.2, -0.15) is 0 Å². The molecule has 0 heterocycles. The number of halogens is 2. The highest BCUT2D eigenvalue weighted by atomic mass is 79.9. The normalized spacial score (nSPS) is 10.2. The lowest BCUT2D eigenvalue weighted by Crippen LogP contribution is -2.31.